The van der Waals surface area contributed by atoms with E-state index in [1.54, 1.807) is 6.92 Å². The Morgan fingerprint density at radius 3 is 2.87 bits per heavy atom. The van der Waals surface area contributed by atoms with Crippen LogP contribution in [0, 0.1) is 5.92 Å². The van der Waals surface area contributed by atoms with Crippen molar-refractivity contribution in [3.05, 3.63) is 35.4 Å². The van der Waals surface area contributed by atoms with Crippen molar-refractivity contribution in [1.82, 2.24) is 0 Å². The third-order valence-electron chi connectivity index (χ3n) is 3.26. The van der Waals surface area contributed by atoms with Gasteiger partial charge in [-0.15, -0.1) is 0 Å². The highest BCUT2D eigenvalue weighted by molar-refractivity contribution is 5.71. The highest BCUT2D eigenvalue weighted by Gasteiger charge is 2.36. The molecule has 1 aromatic carbocycles. The van der Waals surface area contributed by atoms with E-state index in [-0.39, 0.29) is 12.0 Å². The Balaban J connectivity index is 2.37. The van der Waals surface area contributed by atoms with Crippen molar-refractivity contribution < 1.29 is 9.90 Å². The molecule has 0 radical (unpaired) electrons. The molecule has 0 aliphatic heterocycles. The van der Waals surface area contributed by atoms with E-state index < -0.39 is 11.9 Å². The lowest BCUT2D eigenvalue weighted by Crippen LogP contribution is -2.32. The number of benzene rings is 1. The van der Waals surface area contributed by atoms with Crippen molar-refractivity contribution >= 4 is 5.97 Å². The predicted molar refractivity (Wildman–Crippen MR) is 57.7 cm³/mol. The minimum atomic E-state index is -0.771. The average molecular weight is 205 g/mol. The zero-order valence-electron chi connectivity index (χ0n) is 8.68. The molecule has 3 nitrogen and oxygen atoms in total. The van der Waals surface area contributed by atoms with Crippen molar-refractivity contribution in [1.29, 1.82) is 0 Å². The van der Waals surface area contributed by atoms with Gasteiger partial charge in [-0.25, -0.2) is 0 Å². The Hall–Kier alpha value is -1.35. The van der Waals surface area contributed by atoms with Crippen molar-refractivity contribution in [3.8, 4) is 0 Å². The smallest absolute Gasteiger partial charge is 0.306 e. The molecule has 0 fully saturated rings. The maximum atomic E-state index is 11.0. The molecule has 0 spiro atoms. The van der Waals surface area contributed by atoms with Gasteiger partial charge in [0.15, 0.2) is 0 Å². The first-order chi connectivity index (χ1) is 7.11. The van der Waals surface area contributed by atoms with Gasteiger partial charge in [-0.2, -0.15) is 0 Å². The molecule has 15 heavy (non-hydrogen) atoms. The number of fused-ring (bicyclic) bond motifs is 1. The zero-order valence-corrected chi connectivity index (χ0v) is 8.68. The highest BCUT2D eigenvalue weighted by Crippen LogP contribution is 2.37. The van der Waals surface area contributed by atoms with Gasteiger partial charge in [0.1, 0.15) is 0 Å². The van der Waals surface area contributed by atoms with E-state index in [1.165, 1.54) is 5.56 Å². The van der Waals surface area contributed by atoms with Gasteiger partial charge in [-0.05, 0) is 17.5 Å². The molecule has 1 unspecified atom stereocenters. The molecule has 1 aliphatic rings. The maximum absolute atomic E-state index is 11.0. The van der Waals surface area contributed by atoms with Crippen molar-refractivity contribution in [3.63, 3.8) is 0 Å². The second kappa shape index (κ2) is 3.66. The topological polar surface area (TPSA) is 63.3 Å². The molecule has 3 atom stereocenters. The van der Waals surface area contributed by atoms with Gasteiger partial charge in [-0.3, -0.25) is 4.79 Å². The van der Waals surface area contributed by atoms with E-state index in [0.29, 0.717) is 0 Å². The SMILES string of the molecule is CC(C(=O)O)[C@@H]1c2ccccc2C[C@H]1N. The fourth-order valence-corrected chi connectivity index (χ4v) is 2.45. The van der Waals surface area contributed by atoms with Crippen LogP contribution in [0.25, 0.3) is 0 Å². The molecule has 0 amide bonds. The normalized spacial score (nSPS) is 26.0. The highest BCUT2D eigenvalue weighted by atomic mass is 16.4. The number of hydrogen-bond acceptors (Lipinski definition) is 2. The van der Waals surface area contributed by atoms with E-state index in [2.05, 4.69) is 0 Å². The maximum Gasteiger partial charge on any atom is 0.306 e. The number of rotatable bonds is 2. The number of carbonyl (C=O) groups is 1. The van der Waals surface area contributed by atoms with Gasteiger partial charge >= 0.3 is 5.97 Å². The van der Waals surface area contributed by atoms with Crippen LogP contribution in [-0.4, -0.2) is 17.1 Å². The standard InChI is InChI=1S/C12H15NO2/c1-7(12(14)15)11-9-5-3-2-4-8(9)6-10(11)13/h2-5,7,10-11H,6,13H2,1H3,(H,14,15)/t7?,10-,11-/m1/s1. The minimum absolute atomic E-state index is 0.0429. The summed E-state index contributed by atoms with van der Waals surface area (Å²) in [6.45, 7) is 1.73. The molecule has 1 aliphatic carbocycles. The van der Waals surface area contributed by atoms with E-state index >= 15 is 0 Å². The van der Waals surface area contributed by atoms with Crippen LogP contribution in [0.1, 0.15) is 24.0 Å². The summed E-state index contributed by atoms with van der Waals surface area (Å²) < 4.78 is 0. The van der Waals surface area contributed by atoms with Crippen molar-refractivity contribution in [2.75, 3.05) is 0 Å². The molecule has 2 rings (SSSR count). The largest absolute Gasteiger partial charge is 0.481 e. The first-order valence-electron chi connectivity index (χ1n) is 5.17. The summed E-state index contributed by atoms with van der Waals surface area (Å²) in [6, 6.07) is 7.88. The second-order valence-electron chi connectivity index (χ2n) is 4.22. The Bertz CT molecular complexity index is 389. The van der Waals surface area contributed by atoms with Crippen LogP contribution in [0.15, 0.2) is 24.3 Å². The van der Waals surface area contributed by atoms with Crippen LogP contribution in [0.5, 0.6) is 0 Å². The molecule has 3 N–H and O–H groups in total. The Labute approximate surface area is 88.9 Å². The Morgan fingerprint density at radius 2 is 2.20 bits per heavy atom. The van der Waals surface area contributed by atoms with Crippen LogP contribution in [0.2, 0.25) is 0 Å². The van der Waals surface area contributed by atoms with Crippen LogP contribution in [0.4, 0.5) is 0 Å². The van der Waals surface area contributed by atoms with Gasteiger partial charge in [0, 0.05) is 12.0 Å². The molecule has 1 aromatic rings. The van der Waals surface area contributed by atoms with Crippen molar-refractivity contribution in [2.45, 2.75) is 25.3 Å². The average Bonchev–Trinajstić information content (AvgIpc) is 2.52. The summed E-state index contributed by atoms with van der Waals surface area (Å²) in [7, 11) is 0. The molecule has 3 heteroatoms. The van der Waals surface area contributed by atoms with Gasteiger partial charge in [-0.1, -0.05) is 31.2 Å². The fourth-order valence-electron chi connectivity index (χ4n) is 2.45. The molecule has 0 heterocycles. The molecular weight excluding hydrogens is 190 g/mol. The monoisotopic (exact) mass is 205 g/mol. The lowest BCUT2D eigenvalue weighted by molar-refractivity contribution is -0.142. The van der Waals surface area contributed by atoms with E-state index in [4.69, 9.17) is 10.8 Å². The minimum Gasteiger partial charge on any atom is -0.481 e. The fraction of sp³-hybridized carbons (Fsp3) is 0.417. The number of hydrogen-bond donors (Lipinski definition) is 2. The third-order valence-corrected chi connectivity index (χ3v) is 3.26. The first kappa shape index (κ1) is 10.2. The van der Waals surface area contributed by atoms with Crippen molar-refractivity contribution in [2.24, 2.45) is 11.7 Å². The summed E-state index contributed by atoms with van der Waals surface area (Å²) in [5.41, 5.74) is 8.31. The van der Waals surface area contributed by atoms with E-state index in [9.17, 15) is 4.79 Å². The quantitative estimate of drug-likeness (QED) is 0.766. The van der Waals surface area contributed by atoms with E-state index in [1.807, 2.05) is 24.3 Å². The number of aliphatic carboxylic acids is 1. The summed E-state index contributed by atoms with van der Waals surface area (Å²) in [5.74, 6) is -1.23. The van der Waals surface area contributed by atoms with Crippen LogP contribution < -0.4 is 5.73 Å². The lowest BCUT2D eigenvalue weighted by atomic mass is 9.86. The van der Waals surface area contributed by atoms with Gasteiger partial charge in [0.2, 0.25) is 0 Å². The van der Waals surface area contributed by atoms with Crippen LogP contribution in [-0.2, 0) is 11.2 Å². The number of carboxylic acids is 1. The number of carboxylic acid groups (broad SMARTS) is 1. The van der Waals surface area contributed by atoms with Gasteiger partial charge < -0.3 is 10.8 Å². The molecule has 80 valence electrons. The first-order valence-corrected chi connectivity index (χ1v) is 5.17. The molecule has 0 aromatic heterocycles. The molecular formula is C12H15NO2. The summed E-state index contributed by atoms with van der Waals surface area (Å²) in [5, 5.41) is 9.03. The predicted octanol–water partition coefficient (Wildman–Crippen LogP) is 1.37. The third kappa shape index (κ3) is 1.63. The second-order valence-corrected chi connectivity index (χ2v) is 4.22. The van der Waals surface area contributed by atoms with Gasteiger partial charge in [0.25, 0.3) is 0 Å². The zero-order chi connectivity index (χ0) is 11.0. The lowest BCUT2D eigenvalue weighted by Gasteiger charge is -2.20. The van der Waals surface area contributed by atoms with Crippen LogP contribution >= 0.6 is 0 Å². The van der Waals surface area contributed by atoms with Gasteiger partial charge in [0.05, 0.1) is 5.92 Å². The summed E-state index contributed by atoms with van der Waals surface area (Å²) >= 11 is 0. The molecule has 0 saturated heterocycles. The van der Waals surface area contributed by atoms with E-state index in [0.717, 1.165) is 12.0 Å². The summed E-state index contributed by atoms with van der Waals surface area (Å²) in [4.78, 5) is 11.0. The molecule has 0 bridgehead atoms. The van der Waals surface area contributed by atoms with Crippen LogP contribution in [0.3, 0.4) is 0 Å². The number of nitrogens with two attached hydrogens (primary N) is 1. The summed E-state index contributed by atoms with van der Waals surface area (Å²) in [6.07, 6.45) is 0.790. The Morgan fingerprint density at radius 1 is 1.53 bits per heavy atom. The Kier molecular flexibility index (Phi) is 2.49. The molecule has 0 saturated carbocycles.